The number of fused-ring (bicyclic) bond motifs is 4. The van der Waals surface area contributed by atoms with Crippen LogP contribution in [0.2, 0.25) is 5.02 Å². The van der Waals surface area contributed by atoms with Gasteiger partial charge in [-0.1, -0.05) is 11.6 Å². The molecule has 2 saturated heterocycles. The number of halogens is 1. The number of primary amides is 1. The van der Waals surface area contributed by atoms with E-state index in [9.17, 15) is 19.2 Å². The van der Waals surface area contributed by atoms with Gasteiger partial charge in [-0.2, -0.15) is 0 Å². The molecule has 4 rings (SSSR count). The number of anilines is 1. The van der Waals surface area contributed by atoms with Gasteiger partial charge in [-0.15, -0.1) is 0 Å². The van der Waals surface area contributed by atoms with Crippen molar-refractivity contribution in [3.05, 3.63) is 28.8 Å². The summed E-state index contributed by atoms with van der Waals surface area (Å²) in [5.41, 5.74) is 4.92. The molecule has 3 aliphatic rings. The number of carbonyl (C=O) groups excluding carboxylic acids is 4. The average Bonchev–Trinajstić information content (AvgIpc) is 3.22. The van der Waals surface area contributed by atoms with Gasteiger partial charge in [0, 0.05) is 49.0 Å². The third-order valence-corrected chi connectivity index (χ3v) is 6.15. The molecule has 0 radical (unpaired) electrons. The molecular weight excluding hydrogens is 400 g/mol. The summed E-state index contributed by atoms with van der Waals surface area (Å²) in [6, 6.07) is 4.15. The monoisotopic (exact) mass is 420 g/mol. The second-order valence-corrected chi connectivity index (χ2v) is 7.99. The quantitative estimate of drug-likeness (QED) is 0.437. The van der Waals surface area contributed by atoms with Gasteiger partial charge in [-0.3, -0.25) is 29.4 Å². The number of nitrogens with two attached hydrogens (primary N) is 1. The van der Waals surface area contributed by atoms with Crippen LogP contribution in [0.5, 0.6) is 0 Å². The number of amides is 4. The van der Waals surface area contributed by atoms with Gasteiger partial charge in [0.25, 0.3) is 0 Å². The van der Waals surface area contributed by atoms with Crippen LogP contribution in [-0.2, 0) is 29.5 Å². The zero-order chi connectivity index (χ0) is 20.9. The predicted molar refractivity (Wildman–Crippen MR) is 103 cm³/mol. The van der Waals surface area contributed by atoms with Crippen LogP contribution in [0, 0.1) is 11.8 Å². The Morgan fingerprint density at radius 2 is 2.07 bits per heavy atom. The number of benzene rings is 1. The van der Waals surface area contributed by atoms with E-state index < -0.39 is 47.0 Å². The summed E-state index contributed by atoms with van der Waals surface area (Å²) in [7, 11) is 1.54. The fourth-order valence-electron chi connectivity index (χ4n) is 4.81. The third kappa shape index (κ3) is 2.84. The van der Waals surface area contributed by atoms with E-state index in [0.29, 0.717) is 29.3 Å². The van der Waals surface area contributed by atoms with E-state index in [1.807, 2.05) is 0 Å². The Balaban J connectivity index is 1.80. The number of methoxy groups -OCH3 is 1. The number of hydrogen-bond acceptors (Lipinski definition) is 6. The normalized spacial score (nSPS) is 30.1. The number of carbonyl (C=O) groups is 4. The standard InChI is InChI=1S/C19H21ClN4O5/c1-29-6-2-5-24-16(26)14-12(8-13(21)25)23-19(15(14)17(24)27)10-7-9(20)3-4-11(10)22-18(19)28/h3-4,7,12,14-15,23H,2,5-6,8H2,1H3,(H2,21,25)(H,22,28)/t12-,14-,15+,19-/m1/s1. The molecule has 0 aliphatic carbocycles. The van der Waals surface area contributed by atoms with Crippen molar-refractivity contribution in [1.82, 2.24) is 10.2 Å². The molecule has 0 aromatic heterocycles. The maximum atomic E-state index is 13.3. The summed E-state index contributed by atoms with van der Waals surface area (Å²) >= 11 is 6.16. The molecule has 0 saturated carbocycles. The van der Waals surface area contributed by atoms with Crippen molar-refractivity contribution in [2.24, 2.45) is 17.6 Å². The van der Waals surface area contributed by atoms with Gasteiger partial charge < -0.3 is 15.8 Å². The molecule has 4 atom stereocenters. The van der Waals surface area contributed by atoms with Crippen LogP contribution in [0.25, 0.3) is 0 Å². The number of nitrogens with zero attached hydrogens (tertiary/aromatic N) is 1. The lowest BCUT2D eigenvalue weighted by Gasteiger charge is -2.29. The van der Waals surface area contributed by atoms with Gasteiger partial charge >= 0.3 is 0 Å². The van der Waals surface area contributed by atoms with E-state index in [2.05, 4.69) is 10.6 Å². The van der Waals surface area contributed by atoms with E-state index >= 15 is 0 Å². The number of imide groups is 1. The molecule has 0 unspecified atom stereocenters. The third-order valence-electron chi connectivity index (χ3n) is 5.92. The topological polar surface area (TPSA) is 131 Å². The smallest absolute Gasteiger partial charge is 0.250 e. The van der Waals surface area contributed by atoms with Crippen molar-refractivity contribution >= 4 is 40.9 Å². The Labute approximate surface area is 171 Å². The molecule has 3 aliphatic heterocycles. The molecule has 0 bridgehead atoms. The Bertz CT molecular complexity index is 922. The number of rotatable bonds is 6. The van der Waals surface area contributed by atoms with Crippen molar-refractivity contribution in [2.45, 2.75) is 24.4 Å². The molecule has 2 fully saturated rings. The van der Waals surface area contributed by atoms with Crippen LogP contribution >= 0.6 is 11.6 Å². The summed E-state index contributed by atoms with van der Waals surface area (Å²) in [5, 5.41) is 6.28. The highest BCUT2D eigenvalue weighted by Crippen LogP contribution is 2.53. The minimum absolute atomic E-state index is 0.170. The molecule has 4 N–H and O–H groups in total. The molecule has 1 aromatic rings. The van der Waals surface area contributed by atoms with Crippen LogP contribution in [-0.4, -0.2) is 54.8 Å². The fraction of sp³-hybridized carbons (Fsp3) is 0.474. The zero-order valence-corrected chi connectivity index (χ0v) is 16.5. The molecule has 29 heavy (non-hydrogen) atoms. The highest BCUT2D eigenvalue weighted by atomic mass is 35.5. The van der Waals surface area contributed by atoms with Gasteiger partial charge in [0.2, 0.25) is 23.6 Å². The van der Waals surface area contributed by atoms with Crippen LogP contribution in [0.3, 0.4) is 0 Å². The first-order chi connectivity index (χ1) is 13.8. The molecule has 10 heteroatoms. The highest BCUT2D eigenvalue weighted by molar-refractivity contribution is 6.31. The highest BCUT2D eigenvalue weighted by Gasteiger charge is 2.70. The molecule has 1 aromatic carbocycles. The Hall–Kier alpha value is -2.49. The number of hydrogen-bond donors (Lipinski definition) is 3. The Morgan fingerprint density at radius 3 is 2.76 bits per heavy atom. The van der Waals surface area contributed by atoms with Crippen LogP contribution < -0.4 is 16.4 Å². The largest absolute Gasteiger partial charge is 0.385 e. The second kappa shape index (κ2) is 7.08. The van der Waals surface area contributed by atoms with Crippen LogP contribution in [0.15, 0.2) is 18.2 Å². The Morgan fingerprint density at radius 1 is 1.31 bits per heavy atom. The lowest BCUT2D eigenvalue weighted by atomic mass is 9.76. The van der Waals surface area contributed by atoms with Gasteiger partial charge in [-0.25, -0.2) is 0 Å². The zero-order valence-electron chi connectivity index (χ0n) is 15.7. The molecule has 154 valence electrons. The molecular formula is C19H21ClN4O5. The number of likely N-dealkylation sites (tertiary alicyclic amines) is 1. The van der Waals surface area contributed by atoms with Crippen molar-refractivity contribution in [2.75, 3.05) is 25.6 Å². The van der Waals surface area contributed by atoms with Gasteiger partial charge in [0.15, 0.2) is 0 Å². The molecule has 4 amide bonds. The van der Waals surface area contributed by atoms with Gasteiger partial charge in [-0.05, 0) is 24.6 Å². The van der Waals surface area contributed by atoms with E-state index in [4.69, 9.17) is 22.1 Å². The first-order valence-electron chi connectivity index (χ1n) is 9.33. The van der Waals surface area contributed by atoms with E-state index in [1.165, 1.54) is 12.0 Å². The van der Waals surface area contributed by atoms with E-state index in [0.717, 1.165) is 0 Å². The average molecular weight is 421 g/mol. The summed E-state index contributed by atoms with van der Waals surface area (Å²) in [4.78, 5) is 52.4. The van der Waals surface area contributed by atoms with Crippen LogP contribution in [0.1, 0.15) is 18.4 Å². The summed E-state index contributed by atoms with van der Waals surface area (Å²) in [6.07, 6.45) is 0.306. The van der Waals surface area contributed by atoms with Crippen molar-refractivity contribution < 1.29 is 23.9 Å². The lowest BCUT2D eigenvalue weighted by Crippen LogP contribution is -2.53. The second-order valence-electron chi connectivity index (χ2n) is 7.55. The predicted octanol–water partition coefficient (Wildman–Crippen LogP) is -0.0277. The van der Waals surface area contributed by atoms with Crippen molar-refractivity contribution in [3.63, 3.8) is 0 Å². The minimum Gasteiger partial charge on any atom is -0.385 e. The van der Waals surface area contributed by atoms with Gasteiger partial charge in [0.05, 0.1) is 11.8 Å². The molecule has 9 nitrogen and oxygen atoms in total. The van der Waals surface area contributed by atoms with E-state index in [-0.39, 0.29) is 13.0 Å². The molecule has 3 heterocycles. The summed E-state index contributed by atoms with van der Waals surface area (Å²) in [5.74, 6) is -3.78. The SMILES string of the molecule is COCCCN1C(=O)[C@H]2[C@@H](C1=O)[C@@]1(N[C@@H]2CC(N)=O)C(=O)Nc2ccc(Cl)cc21. The van der Waals surface area contributed by atoms with Crippen molar-refractivity contribution in [3.8, 4) is 0 Å². The van der Waals surface area contributed by atoms with Crippen LogP contribution in [0.4, 0.5) is 5.69 Å². The van der Waals surface area contributed by atoms with Gasteiger partial charge in [0.1, 0.15) is 5.54 Å². The van der Waals surface area contributed by atoms with Crippen molar-refractivity contribution in [1.29, 1.82) is 0 Å². The maximum Gasteiger partial charge on any atom is 0.250 e. The maximum absolute atomic E-state index is 13.3. The lowest BCUT2D eigenvalue weighted by molar-refractivity contribution is -0.143. The first kappa shape index (κ1) is 19.8. The first-order valence-corrected chi connectivity index (χ1v) is 9.70. The van der Waals surface area contributed by atoms with E-state index in [1.54, 1.807) is 18.2 Å². The minimum atomic E-state index is -1.48. The number of ether oxygens (including phenoxy) is 1. The Kier molecular flexibility index (Phi) is 4.84. The number of nitrogens with one attached hydrogen (secondary N) is 2. The fourth-order valence-corrected chi connectivity index (χ4v) is 4.98. The summed E-state index contributed by atoms with van der Waals surface area (Å²) in [6.45, 7) is 0.571. The molecule has 1 spiro atoms. The summed E-state index contributed by atoms with van der Waals surface area (Å²) < 4.78 is 5.01.